The molecule has 0 aliphatic carbocycles. The highest BCUT2D eigenvalue weighted by Gasteiger charge is 2.32. The Bertz CT molecular complexity index is 940. The van der Waals surface area contributed by atoms with Crippen molar-refractivity contribution in [2.24, 2.45) is 4.99 Å². The van der Waals surface area contributed by atoms with Gasteiger partial charge in [0.25, 0.3) is 5.91 Å². The van der Waals surface area contributed by atoms with Crippen molar-refractivity contribution in [3.63, 3.8) is 0 Å². The SMILES string of the molecule is CCN1C(=O)/C(=C\c2ccccc2Cl)SC1=Nc1cccc(C(=O)O)c1. The first kappa shape index (κ1) is 18.2. The lowest BCUT2D eigenvalue weighted by molar-refractivity contribution is -0.122. The molecule has 3 rings (SSSR count). The number of carbonyl (C=O) groups is 2. The Morgan fingerprint density at radius 1 is 1.27 bits per heavy atom. The number of thioether (sulfide) groups is 1. The number of benzene rings is 2. The van der Waals surface area contributed by atoms with E-state index in [-0.39, 0.29) is 11.5 Å². The van der Waals surface area contributed by atoms with E-state index in [2.05, 4.69) is 4.99 Å². The maximum Gasteiger partial charge on any atom is 0.335 e. The highest BCUT2D eigenvalue weighted by Crippen LogP contribution is 2.35. The minimum atomic E-state index is -1.02. The molecule has 1 aliphatic rings. The largest absolute Gasteiger partial charge is 0.478 e. The second kappa shape index (κ2) is 7.76. The van der Waals surface area contributed by atoms with E-state index in [1.807, 2.05) is 25.1 Å². The molecule has 1 fully saturated rings. The van der Waals surface area contributed by atoms with Crippen molar-refractivity contribution in [3.8, 4) is 0 Å². The summed E-state index contributed by atoms with van der Waals surface area (Å²) in [7, 11) is 0. The third-order valence-electron chi connectivity index (χ3n) is 3.71. The Balaban J connectivity index is 1.96. The number of aliphatic imine (C=N–C) groups is 1. The molecule has 26 heavy (non-hydrogen) atoms. The van der Waals surface area contributed by atoms with Gasteiger partial charge in [0.05, 0.1) is 16.2 Å². The Hall–Kier alpha value is -2.57. The van der Waals surface area contributed by atoms with E-state index < -0.39 is 5.97 Å². The van der Waals surface area contributed by atoms with Gasteiger partial charge in [-0.25, -0.2) is 9.79 Å². The summed E-state index contributed by atoms with van der Waals surface area (Å²) in [4.78, 5) is 30.3. The Kier molecular flexibility index (Phi) is 5.44. The molecule has 5 nitrogen and oxygen atoms in total. The van der Waals surface area contributed by atoms with Crippen molar-refractivity contribution >= 4 is 52.2 Å². The third kappa shape index (κ3) is 3.81. The molecule has 0 spiro atoms. The second-order valence-electron chi connectivity index (χ2n) is 5.43. The molecule has 0 radical (unpaired) electrons. The summed E-state index contributed by atoms with van der Waals surface area (Å²) in [5, 5.41) is 10.2. The summed E-state index contributed by atoms with van der Waals surface area (Å²) < 4.78 is 0. The van der Waals surface area contributed by atoms with Crippen molar-refractivity contribution in [1.82, 2.24) is 4.90 Å². The number of aromatic carboxylic acids is 1. The highest BCUT2D eigenvalue weighted by atomic mass is 35.5. The lowest BCUT2D eigenvalue weighted by atomic mass is 10.2. The summed E-state index contributed by atoms with van der Waals surface area (Å²) in [6.07, 6.45) is 1.74. The van der Waals surface area contributed by atoms with Crippen molar-refractivity contribution in [3.05, 3.63) is 69.6 Å². The van der Waals surface area contributed by atoms with E-state index >= 15 is 0 Å². The first-order chi connectivity index (χ1) is 12.5. The van der Waals surface area contributed by atoms with Gasteiger partial charge in [-0.2, -0.15) is 0 Å². The fourth-order valence-electron chi connectivity index (χ4n) is 2.42. The number of hydrogen-bond acceptors (Lipinski definition) is 4. The van der Waals surface area contributed by atoms with E-state index in [4.69, 9.17) is 16.7 Å². The summed E-state index contributed by atoms with van der Waals surface area (Å²) >= 11 is 7.41. The minimum Gasteiger partial charge on any atom is -0.478 e. The van der Waals surface area contributed by atoms with Gasteiger partial charge in [0, 0.05) is 11.6 Å². The zero-order valence-electron chi connectivity index (χ0n) is 13.8. The molecule has 1 aliphatic heterocycles. The smallest absolute Gasteiger partial charge is 0.335 e. The topological polar surface area (TPSA) is 70.0 Å². The molecule has 1 heterocycles. The zero-order chi connectivity index (χ0) is 18.7. The molecule has 1 N–H and O–H groups in total. The first-order valence-corrected chi connectivity index (χ1v) is 9.07. The zero-order valence-corrected chi connectivity index (χ0v) is 15.4. The monoisotopic (exact) mass is 386 g/mol. The number of nitrogens with zero attached hydrogens (tertiary/aromatic N) is 2. The van der Waals surface area contributed by atoms with Crippen LogP contribution in [-0.2, 0) is 4.79 Å². The maximum atomic E-state index is 12.6. The van der Waals surface area contributed by atoms with Gasteiger partial charge in [-0.1, -0.05) is 35.9 Å². The molecular weight excluding hydrogens is 372 g/mol. The normalized spacial score (nSPS) is 17.3. The van der Waals surface area contributed by atoms with Gasteiger partial charge in [-0.05, 0) is 54.6 Å². The van der Waals surface area contributed by atoms with Gasteiger partial charge in [-0.15, -0.1) is 0 Å². The Morgan fingerprint density at radius 3 is 2.73 bits per heavy atom. The van der Waals surface area contributed by atoms with Crippen LogP contribution < -0.4 is 0 Å². The predicted octanol–water partition coefficient (Wildman–Crippen LogP) is 4.66. The van der Waals surface area contributed by atoms with Crippen LogP contribution in [0, 0.1) is 0 Å². The molecule has 0 bridgehead atoms. The highest BCUT2D eigenvalue weighted by molar-refractivity contribution is 8.18. The number of carbonyl (C=O) groups excluding carboxylic acids is 1. The molecule has 0 aromatic heterocycles. The quantitative estimate of drug-likeness (QED) is 0.775. The molecule has 2 aromatic carbocycles. The summed E-state index contributed by atoms with van der Waals surface area (Å²) in [5.74, 6) is -1.17. The molecule has 1 amide bonds. The van der Waals surface area contributed by atoms with E-state index in [1.54, 1.807) is 29.2 Å². The van der Waals surface area contributed by atoms with E-state index in [0.717, 1.165) is 5.56 Å². The van der Waals surface area contributed by atoms with Gasteiger partial charge in [0.2, 0.25) is 0 Å². The lowest BCUT2D eigenvalue weighted by Crippen LogP contribution is -2.28. The average Bonchev–Trinajstić information content (AvgIpc) is 2.91. The Labute approximate surface area is 160 Å². The van der Waals surface area contributed by atoms with Crippen LogP contribution in [0.5, 0.6) is 0 Å². The van der Waals surface area contributed by atoms with E-state index in [1.165, 1.54) is 23.9 Å². The van der Waals surface area contributed by atoms with Gasteiger partial charge in [-0.3, -0.25) is 9.69 Å². The van der Waals surface area contributed by atoms with Crippen LogP contribution in [0.25, 0.3) is 6.08 Å². The van der Waals surface area contributed by atoms with Crippen molar-refractivity contribution in [2.75, 3.05) is 6.54 Å². The average molecular weight is 387 g/mol. The van der Waals surface area contributed by atoms with Crippen LogP contribution in [0.15, 0.2) is 58.4 Å². The fraction of sp³-hybridized carbons (Fsp3) is 0.105. The van der Waals surface area contributed by atoms with Crippen LogP contribution in [-0.4, -0.2) is 33.6 Å². The maximum absolute atomic E-state index is 12.6. The van der Waals surface area contributed by atoms with Crippen LogP contribution in [0.2, 0.25) is 5.02 Å². The molecule has 0 atom stereocenters. The number of likely N-dealkylation sites (N-methyl/N-ethyl adjacent to an activating group) is 1. The number of hydrogen-bond donors (Lipinski definition) is 1. The van der Waals surface area contributed by atoms with Crippen LogP contribution in [0.1, 0.15) is 22.8 Å². The van der Waals surface area contributed by atoms with Crippen molar-refractivity contribution in [1.29, 1.82) is 0 Å². The molecule has 2 aromatic rings. The van der Waals surface area contributed by atoms with Gasteiger partial charge in [0.1, 0.15) is 0 Å². The lowest BCUT2D eigenvalue weighted by Gasteiger charge is -2.12. The number of halogens is 1. The van der Waals surface area contributed by atoms with Gasteiger partial charge in [0.15, 0.2) is 5.17 Å². The minimum absolute atomic E-state index is 0.148. The number of carboxylic acids is 1. The first-order valence-electron chi connectivity index (χ1n) is 7.87. The standard InChI is InChI=1S/C19H15ClN2O3S/c1-2-22-17(23)16(11-12-6-3-4-9-15(12)20)26-19(22)21-14-8-5-7-13(10-14)18(24)25/h3-11H,2H2,1H3,(H,24,25)/b16-11+,21-19?. The number of amides is 1. The molecule has 0 unspecified atom stereocenters. The van der Waals surface area contributed by atoms with Gasteiger partial charge >= 0.3 is 5.97 Å². The van der Waals surface area contributed by atoms with E-state index in [9.17, 15) is 9.59 Å². The van der Waals surface area contributed by atoms with Crippen LogP contribution >= 0.6 is 23.4 Å². The molecular formula is C19H15ClN2O3S. The fourth-order valence-corrected chi connectivity index (χ4v) is 3.67. The van der Waals surface area contributed by atoms with Crippen LogP contribution in [0.4, 0.5) is 5.69 Å². The number of amidine groups is 1. The predicted molar refractivity (Wildman–Crippen MR) is 105 cm³/mol. The van der Waals surface area contributed by atoms with Crippen molar-refractivity contribution in [2.45, 2.75) is 6.92 Å². The molecule has 7 heteroatoms. The van der Waals surface area contributed by atoms with Crippen molar-refractivity contribution < 1.29 is 14.7 Å². The molecule has 0 saturated carbocycles. The second-order valence-corrected chi connectivity index (χ2v) is 6.85. The number of carboxylic acid groups (broad SMARTS) is 1. The van der Waals surface area contributed by atoms with E-state index in [0.29, 0.717) is 27.3 Å². The summed E-state index contributed by atoms with van der Waals surface area (Å²) in [5.41, 5.74) is 1.39. The van der Waals surface area contributed by atoms with Gasteiger partial charge < -0.3 is 5.11 Å². The molecule has 132 valence electrons. The summed E-state index contributed by atoms with van der Waals surface area (Å²) in [6.45, 7) is 2.32. The third-order valence-corrected chi connectivity index (χ3v) is 5.06. The Morgan fingerprint density at radius 2 is 2.04 bits per heavy atom. The van der Waals surface area contributed by atoms with Crippen LogP contribution in [0.3, 0.4) is 0 Å². The summed E-state index contributed by atoms with van der Waals surface area (Å²) in [6, 6.07) is 13.6. The number of rotatable bonds is 4. The molecule has 1 saturated heterocycles.